The molecule has 0 unspecified atom stereocenters. The molecule has 1 heterocycles. The maximum Gasteiger partial charge on any atom is 0.337 e. The minimum absolute atomic E-state index is 0.0148. The molecule has 0 aliphatic heterocycles. The molecule has 0 aliphatic rings. The number of nitrogens with zero attached hydrogens (tertiary/aromatic N) is 2. The minimum atomic E-state index is -1.00. The average Bonchev–Trinajstić information content (AvgIpc) is 2.70. The van der Waals surface area contributed by atoms with Crippen LogP contribution >= 0.6 is 0 Å². The Morgan fingerprint density at radius 2 is 1.70 bits per heavy atom. The first-order chi connectivity index (χ1) is 13.0. The Labute approximate surface area is 157 Å². The van der Waals surface area contributed by atoms with Gasteiger partial charge in [-0.1, -0.05) is 37.3 Å². The molecule has 0 radical (unpaired) electrons. The van der Waals surface area contributed by atoms with E-state index in [2.05, 4.69) is 4.98 Å². The van der Waals surface area contributed by atoms with Gasteiger partial charge >= 0.3 is 5.97 Å². The SMILES string of the molecule is CCC(=O)N(c1ccc(-c2ccc(C(=O)O)cn2)cc1)c1ccccc1C. The predicted molar refractivity (Wildman–Crippen MR) is 105 cm³/mol. The topological polar surface area (TPSA) is 70.5 Å². The van der Waals surface area contributed by atoms with Crippen LogP contribution in [0.4, 0.5) is 11.4 Å². The molecule has 5 heteroatoms. The zero-order chi connectivity index (χ0) is 19.4. The largest absolute Gasteiger partial charge is 0.478 e. The first-order valence-electron chi connectivity index (χ1n) is 8.69. The number of carbonyl (C=O) groups is 2. The molecular weight excluding hydrogens is 340 g/mol. The van der Waals surface area contributed by atoms with Crippen LogP contribution in [-0.2, 0) is 4.79 Å². The number of carboxylic acids is 1. The fourth-order valence-corrected chi connectivity index (χ4v) is 2.86. The van der Waals surface area contributed by atoms with Gasteiger partial charge in [-0.2, -0.15) is 0 Å². The average molecular weight is 360 g/mol. The fraction of sp³-hybridized carbons (Fsp3) is 0.136. The van der Waals surface area contributed by atoms with E-state index in [1.165, 1.54) is 12.3 Å². The minimum Gasteiger partial charge on any atom is -0.478 e. The van der Waals surface area contributed by atoms with Crippen LogP contribution in [0.15, 0.2) is 66.9 Å². The van der Waals surface area contributed by atoms with Crippen LogP contribution in [0.2, 0.25) is 0 Å². The summed E-state index contributed by atoms with van der Waals surface area (Å²) in [6.45, 7) is 3.82. The first kappa shape index (κ1) is 18.3. The molecule has 3 rings (SSSR count). The van der Waals surface area contributed by atoms with Crippen LogP contribution in [0.1, 0.15) is 29.3 Å². The number of aromatic nitrogens is 1. The van der Waals surface area contributed by atoms with Crippen LogP contribution in [0.5, 0.6) is 0 Å². The Balaban J connectivity index is 1.95. The third kappa shape index (κ3) is 3.87. The summed E-state index contributed by atoms with van der Waals surface area (Å²) in [7, 11) is 0. The van der Waals surface area contributed by atoms with Crippen molar-refractivity contribution in [2.75, 3.05) is 4.90 Å². The standard InChI is InChI=1S/C22H20N2O3/c1-3-21(25)24(20-7-5-4-6-15(20)2)18-11-8-16(9-12-18)19-13-10-17(14-23-19)22(26)27/h4-14H,3H2,1-2H3,(H,26,27). The van der Waals surface area contributed by atoms with Crippen molar-refractivity contribution in [3.63, 3.8) is 0 Å². The molecule has 0 fully saturated rings. The van der Waals surface area contributed by atoms with Crippen LogP contribution < -0.4 is 4.90 Å². The highest BCUT2D eigenvalue weighted by atomic mass is 16.4. The fourth-order valence-electron chi connectivity index (χ4n) is 2.86. The molecule has 27 heavy (non-hydrogen) atoms. The molecule has 3 aromatic rings. The van der Waals surface area contributed by atoms with Gasteiger partial charge in [0.2, 0.25) is 5.91 Å². The molecule has 1 amide bonds. The normalized spacial score (nSPS) is 10.4. The van der Waals surface area contributed by atoms with Crippen LogP contribution in [0, 0.1) is 6.92 Å². The van der Waals surface area contributed by atoms with Gasteiger partial charge in [-0.3, -0.25) is 14.7 Å². The zero-order valence-electron chi connectivity index (χ0n) is 15.2. The van der Waals surface area contributed by atoms with Crippen molar-refractivity contribution in [2.24, 2.45) is 0 Å². The second kappa shape index (κ2) is 7.83. The number of anilines is 2. The van der Waals surface area contributed by atoms with Crippen molar-refractivity contribution in [3.05, 3.63) is 78.0 Å². The van der Waals surface area contributed by atoms with E-state index < -0.39 is 5.97 Å². The van der Waals surface area contributed by atoms with Crippen molar-refractivity contribution in [3.8, 4) is 11.3 Å². The molecule has 1 aromatic heterocycles. The summed E-state index contributed by atoms with van der Waals surface area (Å²) in [5.41, 5.74) is 4.34. The van der Waals surface area contributed by atoms with E-state index >= 15 is 0 Å². The molecule has 0 saturated carbocycles. The highest BCUT2D eigenvalue weighted by molar-refractivity contribution is 6.01. The van der Waals surface area contributed by atoms with Crippen molar-refractivity contribution in [1.29, 1.82) is 0 Å². The van der Waals surface area contributed by atoms with Gasteiger partial charge < -0.3 is 5.11 Å². The summed E-state index contributed by atoms with van der Waals surface area (Å²) in [4.78, 5) is 29.5. The predicted octanol–water partition coefficient (Wildman–Crippen LogP) is 4.83. The summed E-state index contributed by atoms with van der Waals surface area (Å²) in [6.07, 6.45) is 1.74. The Kier molecular flexibility index (Phi) is 5.31. The molecule has 0 saturated heterocycles. The van der Waals surface area contributed by atoms with E-state index in [1.807, 2.05) is 62.4 Å². The Bertz CT molecular complexity index is 964. The van der Waals surface area contributed by atoms with Crippen molar-refractivity contribution >= 4 is 23.3 Å². The molecule has 2 aromatic carbocycles. The van der Waals surface area contributed by atoms with Crippen molar-refractivity contribution in [1.82, 2.24) is 4.98 Å². The lowest BCUT2D eigenvalue weighted by atomic mass is 10.1. The third-order valence-electron chi connectivity index (χ3n) is 4.34. The summed E-state index contributed by atoms with van der Waals surface area (Å²) in [6, 6.07) is 18.5. The Morgan fingerprint density at radius 3 is 2.26 bits per heavy atom. The molecule has 136 valence electrons. The van der Waals surface area contributed by atoms with E-state index in [4.69, 9.17) is 5.11 Å². The van der Waals surface area contributed by atoms with E-state index in [0.717, 1.165) is 22.5 Å². The Morgan fingerprint density at radius 1 is 1.00 bits per heavy atom. The number of amides is 1. The molecule has 0 spiro atoms. The summed E-state index contributed by atoms with van der Waals surface area (Å²) >= 11 is 0. The van der Waals surface area contributed by atoms with E-state index in [0.29, 0.717) is 12.1 Å². The summed E-state index contributed by atoms with van der Waals surface area (Å²) in [5, 5.41) is 8.97. The number of para-hydroxylation sites is 1. The third-order valence-corrected chi connectivity index (χ3v) is 4.34. The lowest BCUT2D eigenvalue weighted by molar-refractivity contribution is -0.117. The number of pyridine rings is 1. The van der Waals surface area contributed by atoms with Gasteiger partial charge in [0.1, 0.15) is 0 Å². The van der Waals surface area contributed by atoms with Crippen molar-refractivity contribution in [2.45, 2.75) is 20.3 Å². The Hall–Kier alpha value is -3.47. The molecule has 5 nitrogen and oxygen atoms in total. The van der Waals surface area contributed by atoms with Crippen molar-refractivity contribution < 1.29 is 14.7 Å². The van der Waals surface area contributed by atoms with Crippen LogP contribution in [0.25, 0.3) is 11.3 Å². The van der Waals surface area contributed by atoms with Gasteiger partial charge in [-0.05, 0) is 42.8 Å². The first-order valence-corrected chi connectivity index (χ1v) is 8.69. The van der Waals surface area contributed by atoms with Gasteiger partial charge in [0, 0.05) is 23.9 Å². The molecular formula is C22H20N2O3. The maximum atomic E-state index is 12.6. The van der Waals surface area contributed by atoms with E-state index in [1.54, 1.807) is 11.0 Å². The van der Waals surface area contributed by atoms with Crippen LogP contribution in [-0.4, -0.2) is 22.0 Å². The van der Waals surface area contributed by atoms with E-state index in [9.17, 15) is 9.59 Å². The second-order valence-electron chi connectivity index (χ2n) is 6.15. The number of hydrogen-bond acceptors (Lipinski definition) is 3. The monoisotopic (exact) mass is 360 g/mol. The number of hydrogen-bond donors (Lipinski definition) is 1. The maximum absolute atomic E-state index is 12.6. The quantitative estimate of drug-likeness (QED) is 0.707. The van der Waals surface area contributed by atoms with E-state index in [-0.39, 0.29) is 11.5 Å². The smallest absolute Gasteiger partial charge is 0.337 e. The summed E-state index contributed by atoms with van der Waals surface area (Å²) < 4.78 is 0. The molecule has 0 aliphatic carbocycles. The number of rotatable bonds is 5. The molecule has 0 bridgehead atoms. The van der Waals surface area contributed by atoms with Gasteiger partial charge in [0.25, 0.3) is 0 Å². The number of carbonyl (C=O) groups excluding carboxylic acids is 1. The van der Waals surface area contributed by atoms with Gasteiger partial charge in [-0.25, -0.2) is 4.79 Å². The highest BCUT2D eigenvalue weighted by Gasteiger charge is 2.18. The number of aromatic carboxylic acids is 1. The van der Waals surface area contributed by atoms with Gasteiger partial charge in [0.15, 0.2) is 0 Å². The number of benzene rings is 2. The highest BCUT2D eigenvalue weighted by Crippen LogP contribution is 2.30. The molecule has 1 N–H and O–H groups in total. The number of carboxylic acid groups (broad SMARTS) is 1. The summed E-state index contributed by atoms with van der Waals surface area (Å²) in [5.74, 6) is -0.989. The van der Waals surface area contributed by atoms with Gasteiger partial charge in [0.05, 0.1) is 16.9 Å². The second-order valence-corrected chi connectivity index (χ2v) is 6.15. The number of aryl methyl sites for hydroxylation is 1. The van der Waals surface area contributed by atoms with Gasteiger partial charge in [-0.15, -0.1) is 0 Å². The van der Waals surface area contributed by atoms with Crippen LogP contribution in [0.3, 0.4) is 0 Å². The lowest BCUT2D eigenvalue weighted by Crippen LogP contribution is -2.25. The molecule has 0 atom stereocenters. The zero-order valence-corrected chi connectivity index (χ0v) is 15.2. The lowest BCUT2D eigenvalue weighted by Gasteiger charge is -2.24.